The summed E-state index contributed by atoms with van der Waals surface area (Å²) in [6.45, 7) is 7.52. The number of aromatic nitrogens is 2. The Kier molecular flexibility index (Phi) is 10.6. The fourth-order valence-corrected chi connectivity index (χ4v) is 10.6. The molecule has 16 nitrogen and oxygen atoms in total. The number of phenols is 2. The van der Waals surface area contributed by atoms with Crippen molar-refractivity contribution in [2.45, 2.75) is 49.7 Å². The number of aryl methyl sites for hydroxylation is 2. The summed E-state index contributed by atoms with van der Waals surface area (Å²) in [7, 11) is -8.20. The van der Waals surface area contributed by atoms with E-state index < -0.39 is 44.1 Å². The van der Waals surface area contributed by atoms with Crippen LogP contribution in [0.15, 0.2) is 140 Å². The molecule has 4 atom stereocenters. The maximum atomic E-state index is 13.5. The van der Waals surface area contributed by atoms with Crippen molar-refractivity contribution < 1.29 is 53.8 Å². The SMILES string of the molecule is CC1=NN(S(=O)(=O)c2ccc(O)c3ncccc23)C2=NOC(c3ccc(C)cc3)C12.CC1=NN(S(=O)(=O)c2ccc(O)c3ncccc23)C2=NOC(c3ccc(C)cc3)C12.[Cu]. The summed E-state index contributed by atoms with van der Waals surface area (Å²) < 4.78 is 55.9. The first kappa shape index (κ1) is 41.3. The van der Waals surface area contributed by atoms with Crippen LogP contribution in [0.5, 0.6) is 11.5 Å². The molecule has 0 spiro atoms. The number of hydrazone groups is 2. The Morgan fingerprint density at radius 3 is 1.30 bits per heavy atom. The molecule has 19 heteroatoms. The number of nitrogens with zero attached hydrogens (tertiary/aromatic N) is 8. The van der Waals surface area contributed by atoms with Gasteiger partial charge in [-0.25, -0.2) is 0 Å². The van der Waals surface area contributed by atoms with Crippen molar-refractivity contribution in [3.63, 3.8) is 0 Å². The fraction of sp³-hybridized carbons (Fsp3) is 0.190. The first-order valence-electron chi connectivity index (χ1n) is 18.7. The van der Waals surface area contributed by atoms with Crippen LogP contribution < -0.4 is 0 Å². The molecule has 4 aromatic carbocycles. The standard InChI is InChI=1S/2C21H18N4O4S.Cu/c2*1-12-5-7-14(8-6-12)20-18-13(2)23-25(21(18)24-29-20)30(27,28)17-10-9-16(26)19-15(17)4-3-11-22-19;/h2*3-11,18,20,26H,1-2H3;. The molecule has 315 valence electrons. The molecule has 4 aliphatic rings. The second-order valence-electron chi connectivity index (χ2n) is 14.7. The van der Waals surface area contributed by atoms with E-state index in [0.29, 0.717) is 22.2 Å². The van der Waals surface area contributed by atoms with E-state index in [-0.39, 0.29) is 61.1 Å². The molecule has 6 heterocycles. The molecule has 0 saturated heterocycles. The van der Waals surface area contributed by atoms with Crippen molar-refractivity contribution in [2.24, 2.45) is 32.4 Å². The second-order valence-corrected chi connectivity index (χ2v) is 18.1. The van der Waals surface area contributed by atoms with Gasteiger partial charge in [-0.05, 0) is 87.4 Å². The summed E-state index contributed by atoms with van der Waals surface area (Å²) in [4.78, 5) is 19.4. The maximum Gasteiger partial charge on any atom is 0.285 e. The molecule has 1 radical (unpaired) electrons. The number of sulfonamides is 2. The molecule has 61 heavy (non-hydrogen) atoms. The third-order valence-electron chi connectivity index (χ3n) is 10.7. The Morgan fingerprint density at radius 1 is 0.541 bits per heavy atom. The van der Waals surface area contributed by atoms with E-state index in [0.717, 1.165) is 31.1 Å². The van der Waals surface area contributed by atoms with Gasteiger partial charge in [-0.2, -0.15) is 27.0 Å². The van der Waals surface area contributed by atoms with Crippen LogP contribution in [0.1, 0.15) is 48.3 Å². The Labute approximate surface area is 361 Å². The molecule has 0 fully saturated rings. The van der Waals surface area contributed by atoms with Gasteiger partial charge in [-0.3, -0.25) is 9.97 Å². The predicted molar refractivity (Wildman–Crippen MR) is 223 cm³/mol. The number of hydrogen-bond acceptors (Lipinski definition) is 14. The zero-order valence-corrected chi connectivity index (χ0v) is 35.3. The molecule has 10 rings (SSSR count). The zero-order chi connectivity index (χ0) is 42.1. The van der Waals surface area contributed by atoms with E-state index in [4.69, 9.17) is 9.68 Å². The quantitative estimate of drug-likeness (QED) is 0.170. The number of aromatic hydroxyl groups is 2. The molecular weight excluding hydrogens is 872 g/mol. The van der Waals surface area contributed by atoms with Crippen molar-refractivity contribution >= 4 is 64.9 Å². The smallest absolute Gasteiger partial charge is 0.285 e. The average Bonchev–Trinajstić information content (AvgIpc) is 4.03. The second kappa shape index (κ2) is 15.6. The molecule has 2 N–H and O–H groups in total. The molecule has 2 aromatic heterocycles. The van der Waals surface area contributed by atoms with Crippen molar-refractivity contribution in [3.05, 3.63) is 132 Å². The van der Waals surface area contributed by atoms with Crippen molar-refractivity contribution in [1.82, 2.24) is 18.8 Å². The van der Waals surface area contributed by atoms with Gasteiger partial charge in [0.25, 0.3) is 20.0 Å². The van der Waals surface area contributed by atoms with E-state index in [2.05, 4.69) is 30.5 Å². The predicted octanol–water partition coefficient (Wildman–Crippen LogP) is 6.66. The van der Waals surface area contributed by atoms with Gasteiger partial charge in [0, 0.05) is 40.2 Å². The monoisotopic (exact) mass is 907 g/mol. The van der Waals surface area contributed by atoms with Crippen molar-refractivity contribution in [2.75, 3.05) is 0 Å². The van der Waals surface area contributed by atoms with Crippen LogP contribution in [0.4, 0.5) is 0 Å². The minimum atomic E-state index is -4.10. The van der Waals surface area contributed by atoms with Crippen molar-refractivity contribution in [3.8, 4) is 11.5 Å². The van der Waals surface area contributed by atoms with Crippen LogP contribution >= 0.6 is 0 Å². The molecule has 0 aliphatic carbocycles. The minimum Gasteiger partial charge on any atom is -0.506 e. The molecule has 0 amide bonds. The van der Waals surface area contributed by atoms with E-state index in [1.807, 2.05) is 62.4 Å². The van der Waals surface area contributed by atoms with Gasteiger partial charge in [0.05, 0.1) is 21.2 Å². The van der Waals surface area contributed by atoms with Crippen LogP contribution in [0.3, 0.4) is 0 Å². The summed E-state index contributed by atoms with van der Waals surface area (Å²) in [5, 5.41) is 37.5. The van der Waals surface area contributed by atoms with Gasteiger partial charge in [-0.15, -0.1) is 8.83 Å². The minimum absolute atomic E-state index is 0. The first-order valence-corrected chi connectivity index (χ1v) is 21.6. The molecular formula is C42H36CuN8O8S2. The van der Waals surface area contributed by atoms with Gasteiger partial charge in [0.1, 0.15) is 34.4 Å². The van der Waals surface area contributed by atoms with Crippen LogP contribution in [-0.4, -0.2) is 68.9 Å². The Balaban J connectivity index is 0.000000166. The van der Waals surface area contributed by atoms with E-state index in [1.165, 1.54) is 36.7 Å². The van der Waals surface area contributed by atoms with E-state index in [1.54, 1.807) is 38.1 Å². The topological polar surface area (TPSA) is 209 Å². The number of benzene rings is 4. The van der Waals surface area contributed by atoms with E-state index >= 15 is 0 Å². The molecule has 0 saturated carbocycles. The maximum absolute atomic E-state index is 13.5. The van der Waals surface area contributed by atoms with Crippen molar-refractivity contribution in [1.29, 1.82) is 0 Å². The van der Waals surface area contributed by atoms with Crippen LogP contribution in [0.25, 0.3) is 21.8 Å². The zero-order valence-electron chi connectivity index (χ0n) is 32.7. The number of pyridine rings is 2. The number of phenolic OH excluding ortho intramolecular Hbond substituents is 2. The normalized spacial score (nSPS) is 20.3. The van der Waals surface area contributed by atoms with Gasteiger partial charge >= 0.3 is 0 Å². The number of rotatable bonds is 6. The van der Waals surface area contributed by atoms with Crippen LogP contribution in [0, 0.1) is 25.7 Å². The van der Waals surface area contributed by atoms with Gasteiger partial charge in [-0.1, -0.05) is 70.0 Å². The third kappa shape index (κ3) is 6.92. The summed E-state index contributed by atoms with van der Waals surface area (Å²) in [5.41, 5.74) is 5.64. The average molecular weight is 908 g/mol. The molecule has 0 bridgehead atoms. The Hall–Kier alpha value is -6.40. The number of hydrogen-bond donors (Lipinski definition) is 2. The summed E-state index contributed by atoms with van der Waals surface area (Å²) >= 11 is 0. The van der Waals surface area contributed by atoms with Gasteiger partial charge in [0.15, 0.2) is 23.9 Å². The molecule has 6 aromatic rings. The summed E-state index contributed by atoms with van der Waals surface area (Å²) in [5.74, 6) is -0.534. The summed E-state index contributed by atoms with van der Waals surface area (Å²) in [6.07, 6.45) is 2.10. The Morgan fingerprint density at radius 2 is 0.918 bits per heavy atom. The number of fused-ring (bicyclic) bond motifs is 4. The van der Waals surface area contributed by atoms with Gasteiger partial charge < -0.3 is 19.9 Å². The third-order valence-corrected chi connectivity index (χ3v) is 14.0. The number of amidine groups is 2. The fourth-order valence-electron chi connectivity index (χ4n) is 7.63. The van der Waals surface area contributed by atoms with Crippen LogP contribution in [-0.2, 0) is 46.8 Å². The summed E-state index contributed by atoms with van der Waals surface area (Å²) in [6, 6.07) is 27.4. The van der Waals surface area contributed by atoms with E-state index in [9.17, 15) is 27.0 Å². The largest absolute Gasteiger partial charge is 0.506 e. The van der Waals surface area contributed by atoms with Crippen LogP contribution in [0.2, 0.25) is 0 Å². The molecule has 4 aliphatic heterocycles. The number of oxime groups is 2. The van der Waals surface area contributed by atoms with Gasteiger partial charge in [0.2, 0.25) is 0 Å². The molecule has 4 unspecified atom stereocenters. The first-order chi connectivity index (χ1) is 28.8. The Bertz CT molecular complexity index is 2880.